The normalized spacial score (nSPS) is 16.5. The van der Waals surface area contributed by atoms with Crippen molar-refractivity contribution in [3.8, 4) is 11.5 Å². The number of ether oxygens (including phenoxy) is 2. The fourth-order valence-corrected chi connectivity index (χ4v) is 3.86. The summed E-state index contributed by atoms with van der Waals surface area (Å²) in [4.78, 5) is 33.0. The number of aromatic nitrogens is 1. The van der Waals surface area contributed by atoms with E-state index in [1.54, 1.807) is 44.7 Å². The highest BCUT2D eigenvalue weighted by Crippen LogP contribution is 2.35. The maximum absolute atomic E-state index is 12.2. The molecule has 0 bridgehead atoms. The van der Waals surface area contributed by atoms with Crippen molar-refractivity contribution >= 4 is 57.0 Å². The molecule has 2 amide bonds. The van der Waals surface area contributed by atoms with Gasteiger partial charge in [0.15, 0.2) is 10.3 Å². The van der Waals surface area contributed by atoms with Crippen LogP contribution in [-0.4, -0.2) is 36.2 Å². The Labute approximate surface area is 163 Å². The third-order valence-corrected chi connectivity index (χ3v) is 5.11. The van der Waals surface area contributed by atoms with Crippen LogP contribution in [0.15, 0.2) is 34.3 Å². The number of hydrogen-bond acceptors (Lipinski definition) is 8. The summed E-state index contributed by atoms with van der Waals surface area (Å²) in [6, 6.07) is 5.24. The molecule has 0 atom stereocenters. The van der Waals surface area contributed by atoms with Crippen LogP contribution < -0.4 is 20.1 Å². The number of carbonyl (C=O) groups is 2. The number of amidine groups is 1. The minimum Gasteiger partial charge on any atom is -0.497 e. The first-order valence-corrected chi connectivity index (χ1v) is 9.37. The van der Waals surface area contributed by atoms with Gasteiger partial charge in [-0.1, -0.05) is 11.3 Å². The number of benzene rings is 1. The van der Waals surface area contributed by atoms with Crippen LogP contribution in [0.3, 0.4) is 0 Å². The van der Waals surface area contributed by atoms with Gasteiger partial charge in [0.2, 0.25) is 5.91 Å². The minimum absolute atomic E-state index is 0.195. The van der Waals surface area contributed by atoms with Crippen molar-refractivity contribution in [3.05, 3.63) is 34.2 Å². The second-order valence-corrected chi connectivity index (χ2v) is 7.36. The van der Waals surface area contributed by atoms with Crippen LogP contribution in [0.25, 0.3) is 6.08 Å². The number of nitrogens with zero attached hydrogens (tertiary/aromatic N) is 2. The van der Waals surface area contributed by atoms with E-state index >= 15 is 0 Å². The summed E-state index contributed by atoms with van der Waals surface area (Å²) in [5.41, 5.74) is 0.577. The number of anilines is 1. The number of methoxy groups -OCH3 is 2. The molecule has 1 aromatic carbocycles. The average Bonchev–Trinajstić information content (AvgIpc) is 3.21. The van der Waals surface area contributed by atoms with Gasteiger partial charge < -0.3 is 20.1 Å². The van der Waals surface area contributed by atoms with Gasteiger partial charge in [0.1, 0.15) is 17.2 Å². The highest BCUT2D eigenvalue weighted by molar-refractivity contribution is 8.18. The van der Waals surface area contributed by atoms with Crippen molar-refractivity contribution in [2.45, 2.75) is 6.92 Å². The molecule has 0 aliphatic carbocycles. The molecule has 1 saturated heterocycles. The van der Waals surface area contributed by atoms with Crippen LogP contribution in [0.2, 0.25) is 0 Å². The largest absolute Gasteiger partial charge is 0.497 e. The van der Waals surface area contributed by atoms with E-state index in [0.29, 0.717) is 32.4 Å². The molecule has 10 heteroatoms. The summed E-state index contributed by atoms with van der Waals surface area (Å²) in [5.74, 6) is 0.747. The Balaban J connectivity index is 1.80. The fraction of sp³-hybridized carbons (Fsp3) is 0.176. The zero-order valence-corrected chi connectivity index (χ0v) is 16.4. The Morgan fingerprint density at radius 3 is 2.85 bits per heavy atom. The van der Waals surface area contributed by atoms with E-state index in [4.69, 9.17) is 9.47 Å². The molecular weight excluding hydrogens is 388 g/mol. The first kappa shape index (κ1) is 18.9. The van der Waals surface area contributed by atoms with Gasteiger partial charge in [-0.25, -0.2) is 9.98 Å². The van der Waals surface area contributed by atoms with Crippen molar-refractivity contribution in [2.75, 3.05) is 19.5 Å². The predicted octanol–water partition coefficient (Wildman–Crippen LogP) is 3.01. The molecule has 2 aromatic rings. The number of amides is 2. The summed E-state index contributed by atoms with van der Waals surface area (Å²) < 4.78 is 10.5. The molecule has 27 heavy (non-hydrogen) atoms. The van der Waals surface area contributed by atoms with Crippen LogP contribution in [0.1, 0.15) is 11.8 Å². The summed E-state index contributed by atoms with van der Waals surface area (Å²) in [6.45, 7) is 1.41. The van der Waals surface area contributed by atoms with E-state index in [9.17, 15) is 9.59 Å². The Morgan fingerprint density at radius 1 is 1.33 bits per heavy atom. The molecule has 0 radical (unpaired) electrons. The Hall–Kier alpha value is -2.85. The monoisotopic (exact) mass is 404 g/mol. The number of aliphatic imine (C=N–C) groups is 1. The fourth-order valence-electron chi connectivity index (χ4n) is 2.16. The SMILES string of the molecule is COc1ccc(N=C2NC(=O)C(=Cc3cnc(NC(C)=O)s3)S2)c(OC)c1. The van der Waals surface area contributed by atoms with E-state index < -0.39 is 0 Å². The zero-order valence-electron chi connectivity index (χ0n) is 14.7. The van der Waals surface area contributed by atoms with E-state index in [1.165, 1.54) is 30.0 Å². The molecule has 1 aliphatic rings. The lowest BCUT2D eigenvalue weighted by Crippen LogP contribution is -2.19. The number of hydrogen-bond donors (Lipinski definition) is 2. The third kappa shape index (κ3) is 4.66. The van der Waals surface area contributed by atoms with Gasteiger partial charge in [-0.15, -0.1) is 0 Å². The number of thioether (sulfide) groups is 1. The van der Waals surface area contributed by atoms with Gasteiger partial charge >= 0.3 is 0 Å². The molecule has 1 fully saturated rings. The topological polar surface area (TPSA) is 102 Å². The second-order valence-electron chi connectivity index (χ2n) is 5.27. The number of nitrogens with one attached hydrogen (secondary N) is 2. The summed E-state index contributed by atoms with van der Waals surface area (Å²) >= 11 is 2.49. The first-order chi connectivity index (χ1) is 13.0. The van der Waals surface area contributed by atoms with Crippen LogP contribution in [0, 0.1) is 0 Å². The van der Waals surface area contributed by atoms with E-state index in [1.807, 2.05) is 0 Å². The molecule has 1 aliphatic heterocycles. The third-order valence-electron chi connectivity index (χ3n) is 3.34. The quantitative estimate of drug-likeness (QED) is 0.743. The van der Waals surface area contributed by atoms with Crippen molar-refractivity contribution in [2.24, 2.45) is 4.99 Å². The molecule has 3 rings (SSSR count). The van der Waals surface area contributed by atoms with Crippen molar-refractivity contribution < 1.29 is 19.1 Å². The lowest BCUT2D eigenvalue weighted by Gasteiger charge is -2.07. The lowest BCUT2D eigenvalue weighted by molar-refractivity contribution is -0.115. The summed E-state index contributed by atoms with van der Waals surface area (Å²) in [6.07, 6.45) is 3.30. The Kier molecular flexibility index (Phi) is 5.77. The first-order valence-electron chi connectivity index (χ1n) is 7.73. The van der Waals surface area contributed by atoms with Crippen LogP contribution in [0.4, 0.5) is 10.8 Å². The van der Waals surface area contributed by atoms with E-state index in [0.717, 1.165) is 4.88 Å². The molecule has 1 aromatic heterocycles. The molecule has 140 valence electrons. The number of carbonyl (C=O) groups excluding carboxylic acids is 2. The summed E-state index contributed by atoms with van der Waals surface area (Å²) in [7, 11) is 3.11. The van der Waals surface area contributed by atoms with Crippen molar-refractivity contribution in [3.63, 3.8) is 0 Å². The smallest absolute Gasteiger partial charge is 0.264 e. The molecule has 0 unspecified atom stereocenters. The standard InChI is InChI=1S/C17H16N4O4S2/c1-9(22)19-16-18-8-11(26-16)7-14-15(23)21-17(27-14)20-12-5-4-10(24-2)6-13(12)25-3/h4-8H,1-3H3,(H,18,19,22)(H,20,21,23). The molecule has 8 nitrogen and oxygen atoms in total. The zero-order chi connectivity index (χ0) is 19.4. The molecule has 2 heterocycles. The van der Waals surface area contributed by atoms with Gasteiger partial charge in [0.25, 0.3) is 5.91 Å². The van der Waals surface area contributed by atoms with Crippen LogP contribution in [-0.2, 0) is 9.59 Å². The molecule has 0 saturated carbocycles. The van der Waals surface area contributed by atoms with Gasteiger partial charge in [-0.05, 0) is 30.0 Å². The highest BCUT2D eigenvalue weighted by Gasteiger charge is 2.24. The number of thiazole rings is 1. The van der Waals surface area contributed by atoms with Gasteiger partial charge in [-0.3, -0.25) is 9.59 Å². The molecule has 0 spiro atoms. The van der Waals surface area contributed by atoms with Crippen LogP contribution >= 0.6 is 23.1 Å². The Morgan fingerprint density at radius 2 is 2.15 bits per heavy atom. The van der Waals surface area contributed by atoms with Gasteiger partial charge in [0, 0.05) is 19.2 Å². The predicted molar refractivity (Wildman–Crippen MR) is 107 cm³/mol. The van der Waals surface area contributed by atoms with Crippen LogP contribution in [0.5, 0.6) is 11.5 Å². The Bertz CT molecular complexity index is 952. The summed E-state index contributed by atoms with van der Waals surface area (Å²) in [5, 5.41) is 6.26. The van der Waals surface area contributed by atoms with Crippen molar-refractivity contribution in [1.82, 2.24) is 10.3 Å². The second kappa shape index (κ2) is 8.23. The van der Waals surface area contributed by atoms with Gasteiger partial charge in [-0.2, -0.15) is 0 Å². The lowest BCUT2D eigenvalue weighted by atomic mass is 10.3. The van der Waals surface area contributed by atoms with Gasteiger partial charge in [0.05, 0.1) is 24.0 Å². The average molecular weight is 404 g/mol. The molecular formula is C17H16N4O4S2. The molecule has 2 N–H and O–H groups in total. The maximum atomic E-state index is 12.2. The number of rotatable bonds is 5. The minimum atomic E-state index is -0.249. The highest BCUT2D eigenvalue weighted by atomic mass is 32.2. The van der Waals surface area contributed by atoms with E-state index in [-0.39, 0.29) is 11.8 Å². The van der Waals surface area contributed by atoms with E-state index in [2.05, 4.69) is 20.6 Å². The maximum Gasteiger partial charge on any atom is 0.264 e. The van der Waals surface area contributed by atoms with Crippen molar-refractivity contribution in [1.29, 1.82) is 0 Å².